The summed E-state index contributed by atoms with van der Waals surface area (Å²) in [6.45, 7) is 2.94. The zero-order chi connectivity index (χ0) is 6.69. The van der Waals surface area contributed by atoms with E-state index in [2.05, 4.69) is 12.2 Å². The Morgan fingerprint density at radius 2 is 2.33 bits per heavy atom. The Labute approximate surface area is 56.8 Å². The molecule has 2 heteroatoms. The number of nitrogens with two attached hydrogens (primary N) is 1. The van der Waals surface area contributed by atoms with Gasteiger partial charge in [-0.2, -0.15) is 0 Å². The molecular formula is C7H16N2. The van der Waals surface area contributed by atoms with E-state index >= 15 is 0 Å². The molecular weight excluding hydrogens is 112 g/mol. The van der Waals surface area contributed by atoms with Crippen molar-refractivity contribution in [2.45, 2.75) is 32.2 Å². The van der Waals surface area contributed by atoms with Crippen molar-refractivity contribution in [3.8, 4) is 0 Å². The van der Waals surface area contributed by atoms with Crippen molar-refractivity contribution in [1.82, 2.24) is 5.32 Å². The Morgan fingerprint density at radius 1 is 1.56 bits per heavy atom. The second-order valence-corrected chi connectivity index (χ2v) is 3.02. The summed E-state index contributed by atoms with van der Waals surface area (Å²) in [6, 6.07) is 0.713. The number of hydrogen-bond acceptors (Lipinski definition) is 2. The first kappa shape index (κ1) is 7.03. The maximum absolute atomic E-state index is 5.34. The molecule has 2 nitrogen and oxygen atoms in total. The van der Waals surface area contributed by atoms with Gasteiger partial charge in [0.2, 0.25) is 0 Å². The predicted octanol–water partition coefficient (Wildman–Crippen LogP) is 0.681. The Hall–Kier alpha value is -0.0800. The monoisotopic (exact) mass is 128 g/mol. The van der Waals surface area contributed by atoms with Gasteiger partial charge in [-0.3, -0.25) is 0 Å². The highest BCUT2D eigenvalue weighted by atomic mass is 15.0. The van der Waals surface area contributed by atoms with E-state index in [4.69, 9.17) is 5.73 Å². The van der Waals surface area contributed by atoms with Crippen molar-refractivity contribution in [2.24, 2.45) is 11.7 Å². The third-order valence-electron chi connectivity index (χ3n) is 2.10. The van der Waals surface area contributed by atoms with Crippen molar-refractivity contribution < 1.29 is 0 Å². The molecule has 0 aliphatic heterocycles. The van der Waals surface area contributed by atoms with E-state index in [-0.39, 0.29) is 0 Å². The maximum atomic E-state index is 5.34. The van der Waals surface area contributed by atoms with Crippen LogP contribution in [0.1, 0.15) is 26.2 Å². The summed E-state index contributed by atoms with van der Waals surface area (Å²) in [5.41, 5.74) is 5.34. The van der Waals surface area contributed by atoms with E-state index in [0.29, 0.717) is 12.7 Å². The van der Waals surface area contributed by atoms with Crippen LogP contribution in [0.2, 0.25) is 0 Å². The molecule has 1 saturated carbocycles. The molecule has 9 heavy (non-hydrogen) atoms. The molecule has 54 valence electrons. The second-order valence-electron chi connectivity index (χ2n) is 3.02. The average Bonchev–Trinajstić information content (AvgIpc) is 2.17. The molecule has 1 aliphatic carbocycles. The van der Waals surface area contributed by atoms with E-state index in [1.165, 1.54) is 19.3 Å². The Kier molecular flexibility index (Phi) is 2.49. The number of nitrogens with one attached hydrogen (secondary N) is 1. The van der Waals surface area contributed by atoms with E-state index in [0.717, 1.165) is 5.92 Å². The van der Waals surface area contributed by atoms with E-state index < -0.39 is 0 Å². The van der Waals surface area contributed by atoms with Gasteiger partial charge >= 0.3 is 0 Å². The van der Waals surface area contributed by atoms with Crippen LogP contribution in [0.4, 0.5) is 0 Å². The first-order chi connectivity index (χ1) is 4.33. The van der Waals surface area contributed by atoms with E-state index in [1.54, 1.807) is 0 Å². The molecule has 0 bridgehead atoms. The van der Waals surface area contributed by atoms with Gasteiger partial charge in [0.25, 0.3) is 0 Å². The van der Waals surface area contributed by atoms with Crippen molar-refractivity contribution >= 4 is 0 Å². The highest BCUT2D eigenvalue weighted by Crippen LogP contribution is 2.23. The SMILES string of the molecule is CC1CCC(NCN)C1. The Bertz CT molecular complexity index is 81.0. The summed E-state index contributed by atoms with van der Waals surface area (Å²) in [5, 5.41) is 3.25. The van der Waals surface area contributed by atoms with Crippen LogP contribution in [0, 0.1) is 5.92 Å². The lowest BCUT2D eigenvalue weighted by molar-refractivity contribution is 0.511. The van der Waals surface area contributed by atoms with Crippen molar-refractivity contribution in [3.63, 3.8) is 0 Å². The van der Waals surface area contributed by atoms with E-state index in [9.17, 15) is 0 Å². The minimum absolute atomic E-state index is 0.636. The zero-order valence-electron chi connectivity index (χ0n) is 6.06. The minimum atomic E-state index is 0.636. The van der Waals surface area contributed by atoms with Gasteiger partial charge < -0.3 is 11.1 Å². The van der Waals surface area contributed by atoms with Crippen LogP contribution in [-0.2, 0) is 0 Å². The molecule has 0 spiro atoms. The van der Waals surface area contributed by atoms with Crippen LogP contribution in [0.5, 0.6) is 0 Å². The normalized spacial score (nSPS) is 35.3. The van der Waals surface area contributed by atoms with Gasteiger partial charge in [0, 0.05) is 12.7 Å². The molecule has 0 aromatic carbocycles. The number of rotatable bonds is 2. The molecule has 0 heterocycles. The minimum Gasteiger partial charge on any atom is -0.318 e. The highest BCUT2D eigenvalue weighted by molar-refractivity contribution is 4.77. The molecule has 0 saturated heterocycles. The van der Waals surface area contributed by atoms with Gasteiger partial charge in [-0.1, -0.05) is 6.92 Å². The Balaban J connectivity index is 2.14. The van der Waals surface area contributed by atoms with Gasteiger partial charge in [0.15, 0.2) is 0 Å². The van der Waals surface area contributed by atoms with Crippen LogP contribution < -0.4 is 11.1 Å². The van der Waals surface area contributed by atoms with Gasteiger partial charge in [0.1, 0.15) is 0 Å². The summed E-state index contributed by atoms with van der Waals surface area (Å²) in [6.07, 6.45) is 4.01. The lowest BCUT2D eigenvalue weighted by Crippen LogP contribution is -2.31. The van der Waals surface area contributed by atoms with Crippen LogP contribution in [0.3, 0.4) is 0 Å². The quantitative estimate of drug-likeness (QED) is 0.537. The molecule has 1 fully saturated rings. The predicted molar refractivity (Wildman–Crippen MR) is 39.0 cm³/mol. The Morgan fingerprint density at radius 3 is 2.78 bits per heavy atom. The van der Waals surface area contributed by atoms with Crippen molar-refractivity contribution in [1.29, 1.82) is 0 Å². The largest absolute Gasteiger partial charge is 0.318 e. The molecule has 1 aliphatic rings. The summed E-state index contributed by atoms with van der Waals surface area (Å²) < 4.78 is 0. The van der Waals surface area contributed by atoms with Crippen LogP contribution in [0.25, 0.3) is 0 Å². The molecule has 0 aromatic heterocycles. The number of hydrogen-bond donors (Lipinski definition) is 2. The van der Waals surface area contributed by atoms with Gasteiger partial charge in [-0.05, 0) is 25.2 Å². The fourth-order valence-electron chi connectivity index (χ4n) is 1.56. The first-order valence-corrected chi connectivity index (χ1v) is 3.76. The van der Waals surface area contributed by atoms with E-state index in [1.807, 2.05) is 0 Å². The standard InChI is InChI=1S/C7H16N2/c1-6-2-3-7(4-6)9-5-8/h6-7,9H,2-5,8H2,1H3. The highest BCUT2D eigenvalue weighted by Gasteiger charge is 2.19. The summed E-state index contributed by atoms with van der Waals surface area (Å²) in [4.78, 5) is 0. The molecule has 2 atom stereocenters. The summed E-state index contributed by atoms with van der Waals surface area (Å²) in [7, 11) is 0. The molecule has 0 amide bonds. The molecule has 3 N–H and O–H groups in total. The molecule has 0 radical (unpaired) electrons. The topological polar surface area (TPSA) is 38.0 Å². The molecule has 1 rings (SSSR count). The van der Waals surface area contributed by atoms with Crippen LogP contribution >= 0.6 is 0 Å². The first-order valence-electron chi connectivity index (χ1n) is 3.76. The molecule has 2 unspecified atom stereocenters. The van der Waals surface area contributed by atoms with Crippen LogP contribution in [0.15, 0.2) is 0 Å². The van der Waals surface area contributed by atoms with Crippen molar-refractivity contribution in [3.05, 3.63) is 0 Å². The smallest absolute Gasteiger partial charge is 0.0430 e. The van der Waals surface area contributed by atoms with Gasteiger partial charge in [0.05, 0.1) is 0 Å². The summed E-state index contributed by atoms with van der Waals surface area (Å²) >= 11 is 0. The lowest BCUT2D eigenvalue weighted by Gasteiger charge is -2.08. The maximum Gasteiger partial charge on any atom is 0.0430 e. The van der Waals surface area contributed by atoms with Crippen LogP contribution in [-0.4, -0.2) is 12.7 Å². The van der Waals surface area contributed by atoms with Gasteiger partial charge in [-0.25, -0.2) is 0 Å². The second kappa shape index (κ2) is 3.18. The third kappa shape index (κ3) is 1.95. The fourth-order valence-corrected chi connectivity index (χ4v) is 1.56. The zero-order valence-corrected chi connectivity index (χ0v) is 6.06. The fraction of sp³-hybridized carbons (Fsp3) is 1.00. The summed E-state index contributed by atoms with van der Waals surface area (Å²) in [5.74, 6) is 0.911. The van der Waals surface area contributed by atoms with Crippen molar-refractivity contribution in [2.75, 3.05) is 6.67 Å². The third-order valence-corrected chi connectivity index (χ3v) is 2.10. The van der Waals surface area contributed by atoms with Gasteiger partial charge in [-0.15, -0.1) is 0 Å². The average molecular weight is 128 g/mol. The molecule has 0 aromatic rings. The lowest BCUT2D eigenvalue weighted by atomic mass is 10.1.